The van der Waals surface area contributed by atoms with Crippen molar-refractivity contribution in [3.8, 4) is 11.5 Å². The molecule has 10 rings (SSSR count). The van der Waals surface area contributed by atoms with Crippen LogP contribution in [-0.2, 0) is 20.4 Å². The third-order valence-corrected chi connectivity index (χ3v) is 13.0. The third-order valence-electron chi connectivity index (χ3n) is 12.6. The van der Waals surface area contributed by atoms with Crippen molar-refractivity contribution in [3.05, 3.63) is 183 Å². The zero-order valence-electron chi connectivity index (χ0n) is 34.8. The van der Waals surface area contributed by atoms with Gasteiger partial charge in [0.2, 0.25) is 11.8 Å². The predicted octanol–water partition coefficient (Wildman–Crippen LogP) is 11.7. The molecule has 0 radical (unpaired) electrons. The van der Waals surface area contributed by atoms with E-state index in [4.69, 9.17) is 14.5 Å². The number of hydrogen-bond acceptors (Lipinski definition) is 5. The number of benzene rings is 6. The Hall–Kier alpha value is -5.99. The number of halogens is 1. The van der Waals surface area contributed by atoms with Gasteiger partial charge < -0.3 is 19.3 Å². The number of carbonyl (C=O) groups is 2. The van der Waals surface area contributed by atoms with Crippen LogP contribution >= 0.6 is 15.9 Å². The number of para-hydroxylation sites is 2. The molecule has 6 aromatic rings. The lowest BCUT2D eigenvalue weighted by molar-refractivity contribution is -0.122. The standard InChI is InChI=1S/C33H30N2O2.C20H20BrNO2/c1-2-3-12-21-35-29-18-11-10-17-27(29)33(32(35)36)23-37-30-22-26(19-20-28(30)33)34-31(24-13-6-4-7-14-24)25-15-8-5-9-16-25;1-2-3-6-11-22-17-8-5-4-7-15(17)20(19(22)23)13-24-18-12-14(21)9-10-16(18)20/h4-11,13-20,22H,2-3,12,21,23H2,1H3;4-5,7-10,12H,2-3,6,11,13H2,1H3. The van der Waals surface area contributed by atoms with Gasteiger partial charge in [0.15, 0.2) is 0 Å². The van der Waals surface area contributed by atoms with Crippen LogP contribution in [0, 0.1) is 0 Å². The number of fused-ring (bicyclic) bond motifs is 8. The zero-order chi connectivity index (χ0) is 42.0. The lowest BCUT2D eigenvalue weighted by Crippen LogP contribution is -2.42. The molecule has 2 unspecified atom stereocenters. The summed E-state index contributed by atoms with van der Waals surface area (Å²) in [5.74, 6) is 1.82. The van der Waals surface area contributed by atoms with Crippen molar-refractivity contribution in [1.29, 1.82) is 0 Å². The van der Waals surface area contributed by atoms with Gasteiger partial charge >= 0.3 is 0 Å². The molecule has 0 saturated carbocycles. The normalized spacial score (nSPS) is 18.9. The number of unbranched alkanes of at least 4 members (excludes halogenated alkanes) is 4. The lowest BCUT2D eigenvalue weighted by atomic mass is 9.77. The number of ether oxygens (including phenoxy) is 2. The highest BCUT2D eigenvalue weighted by Gasteiger charge is 2.58. The van der Waals surface area contributed by atoms with E-state index in [0.29, 0.717) is 13.2 Å². The van der Waals surface area contributed by atoms with Crippen molar-refractivity contribution < 1.29 is 19.1 Å². The number of rotatable bonds is 11. The molecule has 8 heteroatoms. The molecule has 4 aliphatic heterocycles. The van der Waals surface area contributed by atoms with Crippen LogP contribution in [0.3, 0.4) is 0 Å². The van der Waals surface area contributed by atoms with E-state index in [1.807, 2.05) is 107 Å². The largest absolute Gasteiger partial charge is 0.491 e. The minimum Gasteiger partial charge on any atom is -0.491 e. The van der Waals surface area contributed by atoms with Crippen LogP contribution in [0.1, 0.15) is 85.8 Å². The van der Waals surface area contributed by atoms with Gasteiger partial charge in [-0.3, -0.25) is 9.59 Å². The second kappa shape index (κ2) is 17.2. The first-order valence-corrected chi connectivity index (χ1v) is 22.4. The maximum Gasteiger partial charge on any atom is 0.245 e. The summed E-state index contributed by atoms with van der Waals surface area (Å²) >= 11 is 3.49. The van der Waals surface area contributed by atoms with Gasteiger partial charge in [-0.2, -0.15) is 0 Å². The number of amides is 2. The van der Waals surface area contributed by atoms with E-state index in [0.717, 1.165) is 124 Å². The number of hydrogen-bond donors (Lipinski definition) is 0. The third kappa shape index (κ3) is 7.04. The maximum absolute atomic E-state index is 14.0. The molecule has 0 aromatic heterocycles. The van der Waals surface area contributed by atoms with E-state index in [1.165, 1.54) is 0 Å². The van der Waals surface area contributed by atoms with Crippen molar-refractivity contribution in [2.75, 3.05) is 36.1 Å². The van der Waals surface area contributed by atoms with E-state index in [9.17, 15) is 9.59 Å². The molecule has 308 valence electrons. The quantitative estimate of drug-likeness (QED) is 0.0960. The van der Waals surface area contributed by atoms with Gasteiger partial charge in [0.25, 0.3) is 0 Å². The molecule has 7 nitrogen and oxygen atoms in total. The molecule has 0 aliphatic carbocycles. The van der Waals surface area contributed by atoms with Crippen LogP contribution in [0.2, 0.25) is 0 Å². The van der Waals surface area contributed by atoms with Gasteiger partial charge in [0, 0.05) is 57.3 Å². The number of nitrogens with zero attached hydrogens (tertiary/aromatic N) is 3. The summed E-state index contributed by atoms with van der Waals surface area (Å²) in [6.07, 6.45) is 6.54. The van der Waals surface area contributed by atoms with Crippen molar-refractivity contribution in [3.63, 3.8) is 0 Å². The number of anilines is 2. The fraction of sp³-hybridized carbons (Fsp3) is 0.264. The summed E-state index contributed by atoms with van der Waals surface area (Å²) in [7, 11) is 0. The van der Waals surface area contributed by atoms with Gasteiger partial charge in [-0.25, -0.2) is 4.99 Å². The highest BCUT2D eigenvalue weighted by atomic mass is 79.9. The molecular weight excluding hydrogens is 823 g/mol. The fourth-order valence-corrected chi connectivity index (χ4v) is 9.84. The SMILES string of the molecule is CCCCCN1C(=O)C2(COc3cc(Br)ccc32)c2ccccc21.CCCCCN1C(=O)C2(COc3cc(N=C(c4ccccc4)c4ccccc4)ccc32)c2ccccc21. The molecule has 0 bridgehead atoms. The predicted molar refractivity (Wildman–Crippen MR) is 248 cm³/mol. The number of aliphatic imine (C=N–C) groups is 1. The first-order chi connectivity index (χ1) is 29.9. The molecule has 0 N–H and O–H groups in total. The summed E-state index contributed by atoms with van der Waals surface area (Å²) in [5, 5.41) is 0. The Labute approximate surface area is 367 Å². The molecule has 0 saturated heterocycles. The Morgan fingerprint density at radius 3 is 1.52 bits per heavy atom. The summed E-state index contributed by atoms with van der Waals surface area (Å²) in [6, 6.07) is 48.8. The molecular formula is C53H50BrN3O4. The zero-order valence-corrected chi connectivity index (χ0v) is 36.4. The second-order valence-corrected chi connectivity index (χ2v) is 17.2. The average Bonchev–Trinajstić information content (AvgIpc) is 4.01. The lowest BCUT2D eigenvalue weighted by Gasteiger charge is -2.23. The Morgan fingerprint density at radius 1 is 0.557 bits per heavy atom. The fourth-order valence-electron chi connectivity index (χ4n) is 9.50. The van der Waals surface area contributed by atoms with Crippen LogP contribution in [0.15, 0.2) is 155 Å². The first-order valence-electron chi connectivity index (χ1n) is 21.6. The Bertz CT molecular complexity index is 2570. The van der Waals surface area contributed by atoms with E-state index in [2.05, 4.69) is 78.3 Å². The van der Waals surface area contributed by atoms with Gasteiger partial charge in [0.05, 0.1) is 11.4 Å². The molecule has 0 fully saturated rings. The molecule has 61 heavy (non-hydrogen) atoms. The summed E-state index contributed by atoms with van der Waals surface area (Å²) in [6.45, 7) is 6.58. The number of carbonyl (C=O) groups excluding carboxylic acids is 2. The van der Waals surface area contributed by atoms with Gasteiger partial charge in [-0.15, -0.1) is 0 Å². The van der Waals surface area contributed by atoms with Crippen molar-refractivity contribution in [2.45, 2.75) is 63.2 Å². The maximum atomic E-state index is 14.0. The van der Waals surface area contributed by atoms with E-state index in [-0.39, 0.29) is 11.8 Å². The minimum atomic E-state index is -0.790. The molecule has 4 heterocycles. The molecule has 4 aliphatic rings. The summed E-state index contributed by atoms with van der Waals surface area (Å²) in [4.78, 5) is 36.5. The monoisotopic (exact) mass is 871 g/mol. The molecule has 2 atom stereocenters. The van der Waals surface area contributed by atoms with E-state index < -0.39 is 10.8 Å². The topological polar surface area (TPSA) is 71.4 Å². The molecule has 6 aromatic carbocycles. The Balaban J connectivity index is 0.000000171. The second-order valence-electron chi connectivity index (χ2n) is 16.3. The van der Waals surface area contributed by atoms with E-state index >= 15 is 0 Å². The van der Waals surface area contributed by atoms with Gasteiger partial charge in [-0.05, 0) is 54.3 Å². The van der Waals surface area contributed by atoms with Crippen LogP contribution in [0.25, 0.3) is 0 Å². The van der Waals surface area contributed by atoms with Crippen LogP contribution < -0.4 is 19.3 Å². The Morgan fingerprint density at radius 2 is 1.02 bits per heavy atom. The highest BCUT2D eigenvalue weighted by Crippen LogP contribution is 2.54. The molecule has 2 spiro atoms. The van der Waals surface area contributed by atoms with Crippen LogP contribution in [0.4, 0.5) is 17.1 Å². The first kappa shape index (κ1) is 40.4. The minimum absolute atomic E-state index is 0.120. The Kier molecular flexibility index (Phi) is 11.4. The van der Waals surface area contributed by atoms with Gasteiger partial charge in [0.1, 0.15) is 35.5 Å². The molecule has 2 amide bonds. The van der Waals surface area contributed by atoms with Crippen molar-refractivity contribution in [1.82, 2.24) is 0 Å². The smallest absolute Gasteiger partial charge is 0.245 e. The van der Waals surface area contributed by atoms with E-state index in [1.54, 1.807) is 0 Å². The van der Waals surface area contributed by atoms with Crippen LogP contribution in [0.5, 0.6) is 11.5 Å². The van der Waals surface area contributed by atoms with Crippen molar-refractivity contribution >= 4 is 50.5 Å². The van der Waals surface area contributed by atoms with Crippen LogP contribution in [-0.4, -0.2) is 43.8 Å². The average molecular weight is 873 g/mol. The van der Waals surface area contributed by atoms with Crippen molar-refractivity contribution in [2.24, 2.45) is 4.99 Å². The summed E-state index contributed by atoms with van der Waals surface area (Å²) in [5.41, 5.74) is 8.42. The van der Waals surface area contributed by atoms with Gasteiger partial charge in [-0.1, -0.05) is 165 Å². The highest BCUT2D eigenvalue weighted by molar-refractivity contribution is 9.10. The summed E-state index contributed by atoms with van der Waals surface area (Å²) < 4.78 is 13.2.